The third kappa shape index (κ3) is 6.10. The van der Waals surface area contributed by atoms with Crippen molar-refractivity contribution in [1.29, 1.82) is 0 Å². The zero-order valence-electron chi connectivity index (χ0n) is 19.9. The van der Waals surface area contributed by atoms with Crippen molar-refractivity contribution < 1.29 is 16.6 Å². The monoisotopic (exact) mass is 472 g/mol. The second-order valence-corrected chi connectivity index (χ2v) is 22.6. The minimum absolute atomic E-state index is 1.17. The number of hydrogen-bond donors (Lipinski definition) is 0. The van der Waals surface area contributed by atoms with E-state index in [4.69, 9.17) is 0 Å². The number of benzene rings is 3. The summed E-state index contributed by atoms with van der Waals surface area (Å²) in [5, 5.41) is 0. The molecule has 4 rings (SSSR count). The third-order valence-electron chi connectivity index (χ3n) is 6.50. The van der Waals surface area contributed by atoms with Crippen molar-refractivity contribution in [3.8, 4) is 0 Å². The maximum atomic E-state index is 2.56. The summed E-state index contributed by atoms with van der Waals surface area (Å²) in [5.41, 5.74) is 6.31. The molecule has 3 aromatic rings. The van der Waals surface area contributed by atoms with E-state index in [0.29, 0.717) is 0 Å². The third-order valence-corrected chi connectivity index (χ3v) is 15.7. The van der Waals surface area contributed by atoms with Crippen molar-refractivity contribution in [3.63, 3.8) is 0 Å². The summed E-state index contributed by atoms with van der Waals surface area (Å²) in [5.74, 6) is 0. The molecule has 2 heteroatoms. The average molecular weight is 473 g/mol. The Balaban J connectivity index is 1.86. The molecule has 0 radical (unpaired) electrons. The molecule has 0 saturated carbocycles. The van der Waals surface area contributed by atoms with Gasteiger partial charge in [0.15, 0.2) is 0 Å². The summed E-state index contributed by atoms with van der Waals surface area (Å²) in [6.45, 7) is 7.57. The van der Waals surface area contributed by atoms with Crippen LogP contribution in [0, 0.1) is 0 Å². The van der Waals surface area contributed by atoms with Crippen LogP contribution in [0.4, 0.5) is 0 Å². The normalized spacial score (nSPS) is 14.2. The van der Waals surface area contributed by atoms with Crippen LogP contribution >= 0.6 is 0 Å². The SMILES string of the molecule is C[Si](C)(C)CC1=[C]([Ti]([CH2]c2ccccc2)([CH2]c2ccccc2)[CH2]c2ccccc2)C=CC1. The first-order chi connectivity index (χ1) is 15.4. The number of rotatable bonds is 9. The van der Waals surface area contributed by atoms with E-state index >= 15 is 0 Å². The molecule has 0 heterocycles. The molecule has 0 fully saturated rings. The van der Waals surface area contributed by atoms with Gasteiger partial charge in [0.2, 0.25) is 0 Å². The predicted molar refractivity (Wildman–Crippen MR) is 139 cm³/mol. The molecule has 0 atom stereocenters. The van der Waals surface area contributed by atoms with Crippen LogP contribution in [-0.2, 0) is 30.8 Å². The second kappa shape index (κ2) is 10.3. The quantitative estimate of drug-likeness (QED) is 0.275. The van der Waals surface area contributed by atoms with Gasteiger partial charge in [-0.1, -0.05) is 0 Å². The fourth-order valence-electron chi connectivity index (χ4n) is 5.34. The molecule has 164 valence electrons. The van der Waals surface area contributed by atoms with Crippen LogP contribution in [0.1, 0.15) is 23.1 Å². The van der Waals surface area contributed by atoms with E-state index in [1.807, 2.05) is 0 Å². The first kappa shape index (κ1) is 23.2. The van der Waals surface area contributed by atoms with E-state index in [1.165, 1.54) is 43.3 Å². The van der Waals surface area contributed by atoms with Gasteiger partial charge in [0, 0.05) is 0 Å². The number of hydrogen-bond acceptors (Lipinski definition) is 0. The molecular weight excluding hydrogens is 436 g/mol. The Labute approximate surface area is 199 Å². The van der Waals surface area contributed by atoms with E-state index in [1.54, 1.807) is 9.45 Å². The molecule has 0 aromatic heterocycles. The van der Waals surface area contributed by atoms with Crippen molar-refractivity contribution in [2.45, 2.75) is 46.3 Å². The fourth-order valence-corrected chi connectivity index (χ4v) is 15.7. The van der Waals surface area contributed by atoms with Crippen LogP contribution in [0.5, 0.6) is 0 Å². The molecule has 32 heavy (non-hydrogen) atoms. The van der Waals surface area contributed by atoms with Gasteiger partial charge in [0.05, 0.1) is 0 Å². The van der Waals surface area contributed by atoms with Gasteiger partial charge in [-0.05, 0) is 0 Å². The molecule has 0 unspecified atom stereocenters. The van der Waals surface area contributed by atoms with Gasteiger partial charge in [0.25, 0.3) is 0 Å². The zero-order valence-corrected chi connectivity index (χ0v) is 22.4. The van der Waals surface area contributed by atoms with Gasteiger partial charge in [-0.15, -0.1) is 0 Å². The predicted octanol–water partition coefficient (Wildman–Crippen LogP) is 8.29. The molecule has 0 N–H and O–H groups in total. The van der Waals surface area contributed by atoms with Crippen molar-refractivity contribution >= 4 is 8.07 Å². The van der Waals surface area contributed by atoms with E-state index in [-0.39, 0.29) is 0 Å². The van der Waals surface area contributed by atoms with Crippen LogP contribution in [0.2, 0.25) is 25.7 Å². The van der Waals surface area contributed by atoms with Gasteiger partial charge >= 0.3 is 200 Å². The average Bonchev–Trinajstić information content (AvgIpc) is 3.23. The molecule has 0 saturated heterocycles. The first-order valence-electron chi connectivity index (χ1n) is 11.9. The fraction of sp³-hybridized carbons (Fsp3) is 0.267. The van der Waals surface area contributed by atoms with Gasteiger partial charge in [0.1, 0.15) is 0 Å². The summed E-state index contributed by atoms with van der Waals surface area (Å²) in [4.78, 5) is 0. The zero-order chi connectivity index (χ0) is 22.4. The molecule has 1 aliphatic carbocycles. The Morgan fingerprint density at radius 3 is 1.41 bits per heavy atom. The first-order valence-corrected chi connectivity index (χ1v) is 19.7. The van der Waals surface area contributed by atoms with Crippen molar-refractivity contribution in [2.75, 3.05) is 0 Å². The van der Waals surface area contributed by atoms with Crippen LogP contribution < -0.4 is 0 Å². The van der Waals surface area contributed by atoms with Crippen LogP contribution in [0.15, 0.2) is 113 Å². The molecule has 1 aliphatic rings. The Hall–Kier alpha value is -1.93. The second-order valence-electron chi connectivity index (χ2n) is 10.6. The molecule has 0 aliphatic heterocycles. The summed E-state index contributed by atoms with van der Waals surface area (Å²) < 4.78 is 5.54. The van der Waals surface area contributed by atoms with E-state index < -0.39 is 24.7 Å². The number of allylic oxidation sites excluding steroid dienone is 4. The van der Waals surface area contributed by atoms with Crippen LogP contribution in [0.3, 0.4) is 0 Å². The summed E-state index contributed by atoms with van der Waals surface area (Å²) in [7, 11) is -1.19. The summed E-state index contributed by atoms with van der Waals surface area (Å²) >= 11 is -2.63. The molecule has 0 spiro atoms. The topological polar surface area (TPSA) is 0 Å². The van der Waals surface area contributed by atoms with Crippen molar-refractivity contribution in [3.05, 3.63) is 129 Å². The standard InChI is InChI=1S/C9H15Si.3C7H7.Ti/c1-10(2,3)8-9-6-4-5-7-9;3*1-7-5-3-2-4-6-7;/h4-5H,6,8H2,1-3H3;3*2-6H,1H2;. The Kier molecular flexibility index (Phi) is 7.51. The Bertz CT molecular complexity index is 959. The maximum absolute atomic E-state index is 2.63. The Morgan fingerprint density at radius 1 is 0.625 bits per heavy atom. The minimum atomic E-state index is -2.63. The van der Waals surface area contributed by atoms with Crippen molar-refractivity contribution in [1.82, 2.24) is 0 Å². The Morgan fingerprint density at radius 2 is 1.03 bits per heavy atom. The van der Waals surface area contributed by atoms with E-state index in [0.717, 1.165) is 0 Å². The van der Waals surface area contributed by atoms with Crippen molar-refractivity contribution in [2.24, 2.45) is 0 Å². The molecule has 0 amide bonds. The molecule has 3 aromatic carbocycles. The van der Waals surface area contributed by atoms with Crippen LogP contribution in [-0.4, -0.2) is 8.07 Å². The van der Waals surface area contributed by atoms with E-state index in [9.17, 15) is 0 Å². The molecule has 0 nitrogen and oxygen atoms in total. The van der Waals surface area contributed by atoms with Gasteiger partial charge in [-0.3, -0.25) is 0 Å². The summed E-state index contributed by atoms with van der Waals surface area (Å²) in [6.07, 6.45) is 6.20. The van der Waals surface area contributed by atoms with Gasteiger partial charge in [-0.25, -0.2) is 0 Å². The van der Waals surface area contributed by atoms with Gasteiger partial charge < -0.3 is 0 Å². The molecule has 0 bridgehead atoms. The summed E-state index contributed by atoms with van der Waals surface area (Å²) in [6, 6.07) is 35.2. The van der Waals surface area contributed by atoms with Crippen LogP contribution in [0.25, 0.3) is 0 Å². The van der Waals surface area contributed by atoms with Gasteiger partial charge in [-0.2, -0.15) is 0 Å². The van der Waals surface area contributed by atoms with E-state index in [2.05, 4.69) is 123 Å². The molecular formula is C30H36SiTi.